The zero-order chi connectivity index (χ0) is 16.1. The zero-order valence-corrected chi connectivity index (χ0v) is 16.0. The second-order valence-corrected chi connectivity index (χ2v) is 5.16. The summed E-state index contributed by atoms with van der Waals surface area (Å²) in [4.78, 5) is 22.9. The van der Waals surface area contributed by atoms with Crippen LogP contribution in [0.2, 0.25) is 0 Å². The third-order valence-corrected chi connectivity index (χ3v) is 2.11. The molecule has 1 N–H and O–H groups in total. The maximum atomic E-state index is 12.5. The van der Waals surface area contributed by atoms with Crippen LogP contribution < -0.4 is 56.7 Å². The van der Waals surface area contributed by atoms with Gasteiger partial charge in [0.1, 0.15) is 11.6 Å². The Morgan fingerprint density at radius 1 is 1.29 bits per heavy atom. The van der Waals surface area contributed by atoms with E-state index in [2.05, 4.69) is 11.3 Å². The van der Waals surface area contributed by atoms with Crippen LogP contribution in [0, 0.1) is 0 Å². The Morgan fingerprint density at radius 2 is 1.76 bits per heavy atom. The first kappa shape index (κ1) is 23.2. The quantitative estimate of drug-likeness (QED) is 0.538. The molecule has 10 heteroatoms. The van der Waals surface area contributed by atoms with Gasteiger partial charge in [0.05, 0.1) is 7.11 Å². The van der Waals surface area contributed by atoms with Gasteiger partial charge in [-0.25, -0.2) is 9.59 Å². The molecule has 21 heavy (non-hydrogen) atoms. The topological polar surface area (TPSA) is 64.6 Å². The third-order valence-electron chi connectivity index (χ3n) is 2.11. The number of halogens is 3. The molecule has 0 bridgehead atoms. The molecule has 5 nitrogen and oxygen atoms in total. The smallest absolute Gasteiger partial charge is 0.467 e. The number of rotatable bonds is 5. The number of hydrogen-bond acceptors (Lipinski definition) is 4. The van der Waals surface area contributed by atoms with Crippen molar-refractivity contribution in [3.05, 3.63) is 12.1 Å². The first-order chi connectivity index (χ1) is 8.86. The van der Waals surface area contributed by atoms with Gasteiger partial charge in [-0.3, -0.25) is 0 Å². The van der Waals surface area contributed by atoms with E-state index >= 15 is 0 Å². The first-order valence-corrected chi connectivity index (χ1v) is 5.81. The molecule has 0 fully saturated rings. The average Bonchev–Trinajstić information content (AvgIpc) is 2.22. The van der Waals surface area contributed by atoms with E-state index in [0.29, 0.717) is 0 Å². The van der Waals surface area contributed by atoms with Crippen LogP contribution in [-0.4, -0.2) is 37.8 Å². The van der Waals surface area contributed by atoms with Crippen molar-refractivity contribution in [1.29, 1.82) is 0 Å². The number of carbonyl (C=O) groups is 2. The van der Waals surface area contributed by atoms with Crippen LogP contribution in [0.4, 0.5) is 17.7 Å². The van der Waals surface area contributed by atoms with Crippen LogP contribution in [-0.2, 0) is 14.3 Å². The average molecular weight is 335 g/mol. The number of methoxy groups -OCH3 is 1. The number of esters is 1. The van der Waals surface area contributed by atoms with Crippen molar-refractivity contribution < 1.29 is 83.4 Å². The van der Waals surface area contributed by atoms with E-state index in [0.717, 1.165) is 7.11 Å². The second kappa shape index (κ2) is 9.19. The van der Waals surface area contributed by atoms with Gasteiger partial charge < -0.3 is 27.7 Å². The van der Waals surface area contributed by atoms with Gasteiger partial charge in [0.2, 0.25) is 0 Å². The van der Waals surface area contributed by atoms with Crippen molar-refractivity contribution >= 4 is 19.0 Å². The fraction of sp³-hybridized carbons (Fsp3) is 0.636. The van der Waals surface area contributed by atoms with Crippen LogP contribution in [0.1, 0.15) is 27.2 Å². The number of alkyl carbamates (subject to hydrolysis) is 1. The van der Waals surface area contributed by atoms with Crippen molar-refractivity contribution in [3.63, 3.8) is 0 Å². The molecule has 0 radical (unpaired) electrons. The van der Waals surface area contributed by atoms with Gasteiger partial charge in [-0.2, -0.15) is 0 Å². The molecule has 1 atom stereocenters. The molecular formula is C11H18BF3KNO4. The molecule has 0 aliphatic carbocycles. The summed E-state index contributed by atoms with van der Waals surface area (Å²) in [7, 11) is 1.01. The van der Waals surface area contributed by atoms with E-state index in [4.69, 9.17) is 4.74 Å². The molecule has 0 spiro atoms. The number of hydrogen-bond donors (Lipinski definition) is 1. The Morgan fingerprint density at radius 3 is 2.10 bits per heavy atom. The maximum Gasteiger partial charge on any atom is 1.00 e. The minimum absolute atomic E-state index is 0. The van der Waals surface area contributed by atoms with Crippen molar-refractivity contribution in [2.24, 2.45) is 0 Å². The van der Waals surface area contributed by atoms with E-state index < -0.39 is 42.6 Å². The van der Waals surface area contributed by atoms with Gasteiger partial charge in [0.25, 0.3) is 0 Å². The summed E-state index contributed by atoms with van der Waals surface area (Å²) in [6.07, 6.45) is -1.79. The van der Waals surface area contributed by atoms with Crippen molar-refractivity contribution in [2.75, 3.05) is 7.11 Å². The molecule has 0 aromatic rings. The van der Waals surface area contributed by atoms with Gasteiger partial charge in [-0.1, -0.05) is 0 Å². The van der Waals surface area contributed by atoms with Crippen LogP contribution in [0.3, 0.4) is 0 Å². The molecule has 0 heterocycles. The first-order valence-electron chi connectivity index (χ1n) is 5.81. The van der Waals surface area contributed by atoms with E-state index in [-0.39, 0.29) is 51.4 Å². The monoisotopic (exact) mass is 335 g/mol. The van der Waals surface area contributed by atoms with E-state index in [1.165, 1.54) is 0 Å². The summed E-state index contributed by atoms with van der Waals surface area (Å²) in [5.41, 5.74) is -1.92. The molecule has 0 aromatic carbocycles. The SMILES string of the molecule is C=C(CC(NC(=O)OC(C)(C)C)C(=O)OC)[B-](F)(F)F.[K+]. The van der Waals surface area contributed by atoms with Crippen LogP contribution in [0.15, 0.2) is 12.1 Å². The second-order valence-electron chi connectivity index (χ2n) is 5.16. The summed E-state index contributed by atoms with van der Waals surface area (Å²) < 4.78 is 46.6. The van der Waals surface area contributed by atoms with Gasteiger partial charge in [-0.15, -0.1) is 12.1 Å². The summed E-state index contributed by atoms with van der Waals surface area (Å²) in [5, 5.41) is 2.04. The van der Waals surface area contributed by atoms with Gasteiger partial charge >= 0.3 is 70.4 Å². The van der Waals surface area contributed by atoms with Gasteiger partial charge in [-0.05, 0) is 27.2 Å². The Kier molecular flexibility index (Phi) is 10.2. The zero-order valence-electron chi connectivity index (χ0n) is 12.8. The Balaban J connectivity index is 0. The molecule has 1 amide bonds. The summed E-state index contributed by atoms with van der Waals surface area (Å²) in [6, 6.07) is -1.49. The fourth-order valence-electron chi connectivity index (χ4n) is 1.18. The largest absolute Gasteiger partial charge is 1.00 e. The normalized spacial score (nSPS) is 12.7. The molecule has 0 saturated heterocycles. The number of carbonyl (C=O) groups excluding carboxylic acids is 2. The molecule has 0 rings (SSSR count). The molecule has 116 valence electrons. The van der Waals surface area contributed by atoms with Gasteiger partial charge in [0.15, 0.2) is 0 Å². The van der Waals surface area contributed by atoms with Crippen molar-refractivity contribution in [2.45, 2.75) is 38.8 Å². The third kappa shape index (κ3) is 10.3. The maximum absolute atomic E-state index is 12.5. The molecule has 0 aromatic heterocycles. The molecule has 0 aliphatic heterocycles. The minimum atomic E-state index is -5.29. The predicted octanol–water partition coefficient (Wildman–Crippen LogP) is -0.610. The Labute approximate surface area is 164 Å². The van der Waals surface area contributed by atoms with Crippen molar-refractivity contribution in [1.82, 2.24) is 5.32 Å². The summed E-state index contributed by atoms with van der Waals surface area (Å²) >= 11 is 0. The number of nitrogens with one attached hydrogen (secondary N) is 1. The standard InChI is InChI=1S/C11H18BF3NO4.K/c1-7(12(13,14)15)6-8(9(17)19-5)16-10(18)20-11(2,3)4;/h8H,1,6H2,2-5H3,(H,16,18);/q-1;+1. The number of ether oxygens (including phenoxy) is 2. The van der Waals surface area contributed by atoms with Crippen LogP contribution in [0.25, 0.3) is 0 Å². The molecular weight excluding hydrogens is 317 g/mol. The molecule has 0 aliphatic rings. The van der Waals surface area contributed by atoms with Crippen LogP contribution in [0.5, 0.6) is 0 Å². The minimum Gasteiger partial charge on any atom is -0.467 e. The fourth-order valence-corrected chi connectivity index (χ4v) is 1.18. The summed E-state index contributed by atoms with van der Waals surface area (Å²) in [6.45, 7) is 2.32. The predicted molar refractivity (Wildman–Crippen MR) is 68.0 cm³/mol. The Hall–Kier alpha value is -0.0287. The van der Waals surface area contributed by atoms with E-state index in [1.807, 2.05) is 5.32 Å². The molecule has 1 unspecified atom stereocenters. The Bertz CT molecular complexity index is 396. The molecule has 0 saturated carbocycles. The number of amides is 1. The van der Waals surface area contributed by atoms with Crippen LogP contribution >= 0.6 is 0 Å². The summed E-state index contributed by atoms with van der Waals surface area (Å²) in [5.74, 6) is -1.00. The van der Waals surface area contributed by atoms with Gasteiger partial charge in [0, 0.05) is 0 Å². The van der Waals surface area contributed by atoms with Crippen molar-refractivity contribution in [3.8, 4) is 0 Å². The van der Waals surface area contributed by atoms with E-state index in [9.17, 15) is 22.5 Å². The van der Waals surface area contributed by atoms with E-state index in [1.54, 1.807) is 20.8 Å².